The number of aliphatic hydroxyl groups excluding tert-OH is 1. The minimum Gasteiger partial charge on any atom is -0.506 e. The minimum atomic E-state index is -0.566. The van der Waals surface area contributed by atoms with Crippen molar-refractivity contribution >= 4 is 40.8 Å². The van der Waals surface area contributed by atoms with Gasteiger partial charge in [0.1, 0.15) is 11.6 Å². The van der Waals surface area contributed by atoms with Crippen LogP contribution in [0.4, 0.5) is 11.5 Å². The molecule has 214 valence electrons. The molecule has 3 aromatic rings. The Hall–Kier alpha value is -3.99. The summed E-state index contributed by atoms with van der Waals surface area (Å²) in [5.74, 6) is -1.25. The zero-order valence-electron chi connectivity index (χ0n) is 22.4. The third kappa shape index (κ3) is 6.84. The Morgan fingerprint density at radius 3 is 2.39 bits per heavy atom. The van der Waals surface area contributed by atoms with Gasteiger partial charge in [-0.3, -0.25) is 14.4 Å². The highest BCUT2D eigenvalue weighted by Crippen LogP contribution is 2.31. The molecule has 2 saturated heterocycles. The molecule has 4 N–H and O–H groups in total. The van der Waals surface area contributed by atoms with Crippen molar-refractivity contribution in [2.24, 2.45) is 0 Å². The fraction of sp³-hybridized carbons (Fsp3) is 0.333. The molecule has 0 saturated carbocycles. The van der Waals surface area contributed by atoms with Gasteiger partial charge in [-0.1, -0.05) is 29.8 Å². The maximum absolute atomic E-state index is 13.1. The normalized spacial score (nSPS) is 18.0. The molecular weight excluding hydrogens is 546 g/mol. The van der Waals surface area contributed by atoms with Crippen LogP contribution in [0.5, 0.6) is 5.75 Å². The van der Waals surface area contributed by atoms with Gasteiger partial charge in [0.15, 0.2) is 0 Å². The lowest BCUT2D eigenvalue weighted by Gasteiger charge is -2.30. The van der Waals surface area contributed by atoms with Crippen molar-refractivity contribution in [1.29, 1.82) is 0 Å². The lowest BCUT2D eigenvalue weighted by molar-refractivity contribution is -0.129. The molecule has 1 aromatic heterocycles. The topological polar surface area (TPSA) is 135 Å². The maximum atomic E-state index is 13.1. The number of hydrogen-bond acceptors (Lipinski definition) is 7. The molecule has 0 radical (unpaired) electrons. The first-order valence-corrected chi connectivity index (χ1v) is 14.0. The van der Waals surface area contributed by atoms with Gasteiger partial charge in [0.25, 0.3) is 11.8 Å². The number of piperidine rings is 1. The van der Waals surface area contributed by atoms with Crippen molar-refractivity contribution in [3.63, 3.8) is 0 Å². The third-order valence-corrected chi connectivity index (χ3v) is 7.83. The van der Waals surface area contributed by atoms with E-state index in [1.165, 1.54) is 30.5 Å². The predicted molar refractivity (Wildman–Crippen MR) is 155 cm³/mol. The van der Waals surface area contributed by atoms with E-state index in [1.807, 2.05) is 4.90 Å². The number of para-hydroxylation sites is 1. The van der Waals surface area contributed by atoms with E-state index < -0.39 is 11.8 Å². The summed E-state index contributed by atoms with van der Waals surface area (Å²) in [6, 6.07) is 14.3. The molecule has 0 spiro atoms. The standard InChI is InChI=1S/C30H32ClN5O5/c31-21-8-9-26(32-18-21)33-29(40)24-2-1-3-25(38)27(24)34-28(39)20-6-4-19(5-7-20)23-12-15-36(30(23)41)17-16-35-13-10-22(37)11-14-35/h1-9,18,22-23,37-38H,10-17H2,(H,34,39)(H,32,33,40). The van der Waals surface area contributed by atoms with Crippen molar-refractivity contribution in [1.82, 2.24) is 14.8 Å². The van der Waals surface area contributed by atoms with Gasteiger partial charge in [-0.05, 0) is 61.2 Å². The molecule has 0 aliphatic carbocycles. The number of carbonyl (C=O) groups is 3. The quantitative estimate of drug-likeness (QED) is 0.300. The summed E-state index contributed by atoms with van der Waals surface area (Å²) in [4.78, 5) is 47.3. The average molecular weight is 578 g/mol. The second-order valence-corrected chi connectivity index (χ2v) is 10.8. The molecule has 1 unspecified atom stereocenters. The van der Waals surface area contributed by atoms with E-state index in [4.69, 9.17) is 11.6 Å². The molecule has 2 aliphatic rings. The number of rotatable bonds is 8. The highest BCUT2D eigenvalue weighted by Gasteiger charge is 2.33. The average Bonchev–Trinajstić information content (AvgIpc) is 3.34. The number of hydrogen-bond donors (Lipinski definition) is 4. The number of aliphatic hydroxyl groups is 1. The molecule has 3 amide bonds. The first-order valence-electron chi connectivity index (χ1n) is 13.6. The van der Waals surface area contributed by atoms with Crippen LogP contribution in [0.15, 0.2) is 60.8 Å². The van der Waals surface area contributed by atoms with E-state index in [2.05, 4.69) is 20.5 Å². The summed E-state index contributed by atoms with van der Waals surface area (Å²) in [6.45, 7) is 3.85. The molecule has 5 rings (SSSR count). The monoisotopic (exact) mass is 577 g/mol. The number of nitrogens with one attached hydrogen (secondary N) is 2. The van der Waals surface area contributed by atoms with E-state index in [0.29, 0.717) is 30.1 Å². The Labute approximate surface area is 242 Å². The number of anilines is 2. The van der Waals surface area contributed by atoms with E-state index in [0.717, 1.165) is 38.0 Å². The SMILES string of the molecule is O=C(Nc1c(O)cccc1C(=O)Nc1ccc(Cl)cn1)c1ccc(C2CCN(CCN3CCC(O)CC3)C2=O)cc1. The number of carbonyl (C=O) groups excluding carboxylic acids is 3. The largest absolute Gasteiger partial charge is 0.506 e. The Morgan fingerprint density at radius 2 is 1.68 bits per heavy atom. The lowest BCUT2D eigenvalue weighted by atomic mass is 9.96. The van der Waals surface area contributed by atoms with E-state index in [9.17, 15) is 24.6 Å². The molecule has 2 aromatic carbocycles. The molecule has 0 bridgehead atoms. The minimum absolute atomic E-state index is 0.0298. The van der Waals surface area contributed by atoms with E-state index in [-0.39, 0.29) is 40.7 Å². The number of likely N-dealkylation sites (tertiary alicyclic amines) is 2. The number of pyridine rings is 1. The van der Waals surface area contributed by atoms with Gasteiger partial charge in [-0.25, -0.2) is 4.98 Å². The summed E-state index contributed by atoms with van der Waals surface area (Å²) in [5.41, 5.74) is 1.19. The number of benzene rings is 2. The number of nitrogens with zero attached hydrogens (tertiary/aromatic N) is 3. The first-order chi connectivity index (χ1) is 19.8. The zero-order chi connectivity index (χ0) is 28.9. The molecule has 2 fully saturated rings. The molecule has 1 atom stereocenters. The van der Waals surface area contributed by atoms with Gasteiger partial charge in [0.2, 0.25) is 5.91 Å². The van der Waals surface area contributed by atoms with Crippen LogP contribution in [0.25, 0.3) is 0 Å². The number of halogens is 1. The Kier molecular flexibility index (Phi) is 8.82. The summed E-state index contributed by atoms with van der Waals surface area (Å²) >= 11 is 5.85. The number of aromatic nitrogens is 1. The van der Waals surface area contributed by atoms with Gasteiger partial charge in [0, 0.05) is 44.5 Å². The van der Waals surface area contributed by atoms with Crippen molar-refractivity contribution in [3.8, 4) is 5.75 Å². The highest BCUT2D eigenvalue weighted by molar-refractivity contribution is 6.30. The van der Waals surface area contributed by atoms with Gasteiger partial charge < -0.3 is 30.6 Å². The van der Waals surface area contributed by atoms with Crippen molar-refractivity contribution in [2.45, 2.75) is 31.3 Å². The fourth-order valence-electron chi connectivity index (χ4n) is 5.22. The second kappa shape index (κ2) is 12.7. The van der Waals surface area contributed by atoms with Crippen molar-refractivity contribution in [2.75, 3.05) is 43.4 Å². The van der Waals surface area contributed by atoms with E-state index in [1.54, 1.807) is 30.3 Å². The molecule has 2 aliphatic heterocycles. The molecule has 41 heavy (non-hydrogen) atoms. The fourth-order valence-corrected chi connectivity index (χ4v) is 5.33. The highest BCUT2D eigenvalue weighted by atomic mass is 35.5. The smallest absolute Gasteiger partial charge is 0.259 e. The Bertz CT molecular complexity index is 1410. The van der Waals surface area contributed by atoms with Crippen LogP contribution in [-0.4, -0.2) is 81.5 Å². The lowest BCUT2D eigenvalue weighted by Crippen LogP contribution is -2.41. The van der Waals surface area contributed by atoms with E-state index >= 15 is 0 Å². The zero-order valence-corrected chi connectivity index (χ0v) is 23.2. The molecule has 10 nitrogen and oxygen atoms in total. The molecule has 11 heteroatoms. The van der Waals surface area contributed by atoms with Crippen LogP contribution in [-0.2, 0) is 4.79 Å². The maximum Gasteiger partial charge on any atom is 0.259 e. The summed E-state index contributed by atoms with van der Waals surface area (Å²) in [7, 11) is 0. The van der Waals surface area contributed by atoms with Crippen LogP contribution in [0.2, 0.25) is 5.02 Å². The van der Waals surface area contributed by atoms with Crippen molar-refractivity contribution < 1.29 is 24.6 Å². The summed E-state index contributed by atoms with van der Waals surface area (Å²) in [6.07, 6.45) is 3.44. The van der Waals surface area contributed by atoms with Crippen molar-refractivity contribution in [3.05, 3.63) is 82.5 Å². The molecule has 3 heterocycles. The van der Waals surface area contributed by atoms with Crippen LogP contribution < -0.4 is 10.6 Å². The second-order valence-electron chi connectivity index (χ2n) is 10.3. The van der Waals surface area contributed by atoms with Gasteiger partial charge >= 0.3 is 0 Å². The number of phenols is 1. The van der Waals surface area contributed by atoms with Gasteiger partial charge in [-0.2, -0.15) is 0 Å². The number of amides is 3. The van der Waals surface area contributed by atoms with Crippen LogP contribution >= 0.6 is 11.6 Å². The summed E-state index contributed by atoms with van der Waals surface area (Å²) < 4.78 is 0. The summed E-state index contributed by atoms with van der Waals surface area (Å²) in [5, 5.41) is 25.8. The van der Waals surface area contributed by atoms with Gasteiger partial charge in [-0.15, -0.1) is 0 Å². The van der Waals surface area contributed by atoms with Crippen LogP contribution in [0.1, 0.15) is 51.5 Å². The third-order valence-electron chi connectivity index (χ3n) is 7.61. The Balaban J connectivity index is 1.20. The van der Waals surface area contributed by atoms with Crippen LogP contribution in [0, 0.1) is 0 Å². The predicted octanol–water partition coefficient (Wildman–Crippen LogP) is 3.72. The first kappa shape index (κ1) is 28.5. The van der Waals surface area contributed by atoms with Crippen LogP contribution in [0.3, 0.4) is 0 Å². The van der Waals surface area contributed by atoms with Gasteiger partial charge in [0.05, 0.1) is 28.3 Å². The number of aromatic hydroxyl groups is 1. The Morgan fingerprint density at radius 1 is 0.927 bits per heavy atom. The molecular formula is C30H32ClN5O5. The number of phenolic OH excluding ortho intramolecular Hbond substituents is 1.